The summed E-state index contributed by atoms with van der Waals surface area (Å²) in [5, 5.41) is 2.60. The maximum atomic E-state index is 11.6. The first-order chi connectivity index (χ1) is 8.33. The molecule has 0 amide bonds. The first-order valence-corrected chi connectivity index (χ1v) is 7.71. The van der Waals surface area contributed by atoms with Crippen molar-refractivity contribution in [1.82, 2.24) is 5.32 Å². The van der Waals surface area contributed by atoms with Crippen LogP contribution in [-0.2, 0) is 19.6 Å². The Morgan fingerprint density at radius 2 is 1.79 bits per heavy atom. The van der Waals surface area contributed by atoms with Crippen LogP contribution in [0.5, 0.6) is 0 Å². The van der Waals surface area contributed by atoms with Crippen molar-refractivity contribution in [2.24, 2.45) is 5.92 Å². The minimum atomic E-state index is -4.33. The molecule has 6 nitrogen and oxygen atoms in total. The van der Waals surface area contributed by atoms with E-state index in [1.54, 1.807) is 27.7 Å². The van der Waals surface area contributed by atoms with Gasteiger partial charge in [0.1, 0.15) is 10.5 Å². The summed E-state index contributed by atoms with van der Waals surface area (Å²) in [7, 11) is -4.33. The van der Waals surface area contributed by atoms with E-state index in [0.717, 1.165) is 0 Å². The smallest absolute Gasteiger partial charge is 0.320 e. The summed E-state index contributed by atoms with van der Waals surface area (Å²) in [4.78, 5) is 10.0. The van der Waals surface area contributed by atoms with Gasteiger partial charge in [-0.05, 0) is 33.6 Å². The van der Waals surface area contributed by atoms with E-state index >= 15 is 0 Å². The van der Waals surface area contributed by atoms with E-state index in [0.29, 0.717) is 6.42 Å². The predicted molar refractivity (Wildman–Crippen MR) is 73.3 cm³/mol. The Morgan fingerprint density at radius 3 is 2.11 bits per heavy atom. The second kappa shape index (κ2) is 6.19. The lowest BCUT2D eigenvalue weighted by molar-refractivity contribution is -0.153. The van der Waals surface area contributed by atoms with Crippen LogP contribution >= 0.6 is 0 Å². The Morgan fingerprint density at radius 1 is 1.32 bits per heavy atom. The summed E-state index contributed by atoms with van der Waals surface area (Å²) in [6.45, 7) is 9.75. The van der Waals surface area contributed by atoms with E-state index in [4.69, 9.17) is 4.74 Å². The molecule has 19 heavy (non-hydrogen) atoms. The van der Waals surface area contributed by atoms with Crippen molar-refractivity contribution in [2.75, 3.05) is 6.54 Å². The summed E-state index contributed by atoms with van der Waals surface area (Å²) in [6, 6.07) is 0. The van der Waals surface area contributed by atoms with Crippen LogP contribution in [0.25, 0.3) is 0 Å². The number of hydrogen-bond acceptors (Lipinski definition) is 5. The normalized spacial score (nSPS) is 17.6. The van der Waals surface area contributed by atoms with Crippen molar-refractivity contribution in [1.29, 1.82) is 0 Å². The number of hydrogen-bond donors (Lipinski definition) is 2. The first kappa shape index (κ1) is 18.3. The Bertz CT molecular complexity index is 412. The van der Waals surface area contributed by atoms with Gasteiger partial charge in [0.15, 0.2) is 0 Å². The van der Waals surface area contributed by atoms with Gasteiger partial charge in [-0.25, -0.2) is 0 Å². The van der Waals surface area contributed by atoms with Gasteiger partial charge in [0.2, 0.25) is 0 Å². The highest BCUT2D eigenvalue weighted by atomic mass is 32.2. The molecule has 0 aliphatic carbocycles. The highest BCUT2D eigenvalue weighted by Crippen LogP contribution is 2.25. The number of ether oxygens (including phenoxy) is 1. The highest BCUT2D eigenvalue weighted by molar-refractivity contribution is 7.87. The molecule has 0 aromatic carbocycles. The standard InChI is InChI=1S/C12H25NO5S/c1-7-9(2)12(6,19(15,16)17)13-8-10(14)18-11(3,4)5/h9,13H,7-8H2,1-6H3,(H,15,16,17). The molecule has 0 spiro atoms. The van der Waals surface area contributed by atoms with Crippen LogP contribution in [0.1, 0.15) is 48.0 Å². The Kier molecular flexibility index (Phi) is 5.98. The van der Waals surface area contributed by atoms with Gasteiger partial charge in [-0.3, -0.25) is 14.7 Å². The van der Waals surface area contributed by atoms with Gasteiger partial charge in [-0.2, -0.15) is 8.42 Å². The third kappa shape index (κ3) is 5.46. The molecule has 2 atom stereocenters. The largest absolute Gasteiger partial charge is 0.459 e. The minimum Gasteiger partial charge on any atom is -0.459 e. The van der Waals surface area contributed by atoms with Crippen LogP contribution in [-0.4, -0.2) is 36.0 Å². The fourth-order valence-corrected chi connectivity index (χ4v) is 2.46. The fraction of sp³-hybridized carbons (Fsp3) is 0.917. The molecule has 0 saturated carbocycles. The average molecular weight is 295 g/mol. The van der Waals surface area contributed by atoms with Gasteiger partial charge >= 0.3 is 5.97 Å². The van der Waals surface area contributed by atoms with Gasteiger partial charge in [-0.1, -0.05) is 20.3 Å². The number of esters is 1. The molecule has 7 heteroatoms. The highest BCUT2D eigenvalue weighted by Gasteiger charge is 2.42. The lowest BCUT2D eigenvalue weighted by Gasteiger charge is -2.33. The lowest BCUT2D eigenvalue weighted by Crippen LogP contribution is -2.55. The number of carbonyl (C=O) groups is 1. The summed E-state index contributed by atoms with van der Waals surface area (Å²) in [5.41, 5.74) is -0.635. The van der Waals surface area contributed by atoms with E-state index < -0.39 is 26.6 Å². The summed E-state index contributed by atoms with van der Waals surface area (Å²) in [5.74, 6) is -0.921. The second-order valence-corrected chi connectivity index (χ2v) is 7.63. The Balaban J connectivity index is 4.85. The van der Waals surface area contributed by atoms with Crippen LogP contribution < -0.4 is 5.32 Å². The van der Waals surface area contributed by atoms with E-state index in [1.165, 1.54) is 6.92 Å². The molecule has 114 valence electrons. The molecule has 0 radical (unpaired) electrons. The second-order valence-electron chi connectivity index (χ2n) is 5.83. The SMILES string of the molecule is CCC(C)C(C)(NCC(=O)OC(C)(C)C)S(=O)(=O)O. The number of rotatable bonds is 6. The Hall–Kier alpha value is -0.660. The topological polar surface area (TPSA) is 92.7 Å². The van der Waals surface area contributed by atoms with Crippen LogP contribution in [0.3, 0.4) is 0 Å². The van der Waals surface area contributed by atoms with E-state index in [9.17, 15) is 17.8 Å². The summed E-state index contributed by atoms with van der Waals surface area (Å²) >= 11 is 0. The first-order valence-electron chi connectivity index (χ1n) is 6.27. The zero-order chi connectivity index (χ0) is 15.5. The molecule has 0 saturated heterocycles. The Labute approximate surface area is 115 Å². The molecular weight excluding hydrogens is 270 g/mol. The van der Waals surface area contributed by atoms with Gasteiger partial charge in [0.05, 0.1) is 6.54 Å². The van der Waals surface area contributed by atoms with Gasteiger partial charge in [0.25, 0.3) is 10.1 Å². The zero-order valence-electron chi connectivity index (χ0n) is 12.5. The van der Waals surface area contributed by atoms with Crippen molar-refractivity contribution >= 4 is 16.1 Å². The van der Waals surface area contributed by atoms with Gasteiger partial charge in [-0.15, -0.1) is 0 Å². The average Bonchev–Trinajstić information content (AvgIpc) is 2.20. The lowest BCUT2D eigenvalue weighted by atomic mass is 10.00. The van der Waals surface area contributed by atoms with Crippen LogP contribution in [0.4, 0.5) is 0 Å². The van der Waals surface area contributed by atoms with Gasteiger partial charge < -0.3 is 4.74 Å². The molecule has 0 aliphatic heterocycles. The molecule has 0 aliphatic rings. The van der Waals surface area contributed by atoms with Crippen LogP contribution in [0.15, 0.2) is 0 Å². The molecule has 0 aromatic heterocycles. The molecule has 0 bridgehead atoms. The third-order valence-electron chi connectivity index (χ3n) is 3.09. The van der Waals surface area contributed by atoms with E-state index in [1.807, 2.05) is 6.92 Å². The quantitative estimate of drug-likeness (QED) is 0.571. The minimum absolute atomic E-state index is 0.280. The fourth-order valence-electron chi connectivity index (χ4n) is 1.53. The van der Waals surface area contributed by atoms with Crippen molar-refractivity contribution in [3.05, 3.63) is 0 Å². The summed E-state index contributed by atoms with van der Waals surface area (Å²) < 4.78 is 37.4. The summed E-state index contributed by atoms with van der Waals surface area (Å²) in [6.07, 6.45) is 0.539. The molecule has 2 N–H and O–H groups in total. The van der Waals surface area contributed by atoms with E-state index in [2.05, 4.69) is 5.32 Å². The van der Waals surface area contributed by atoms with Gasteiger partial charge in [0, 0.05) is 0 Å². The molecule has 0 aromatic rings. The molecule has 0 rings (SSSR count). The van der Waals surface area contributed by atoms with Crippen molar-refractivity contribution in [3.63, 3.8) is 0 Å². The molecule has 0 heterocycles. The van der Waals surface area contributed by atoms with Crippen LogP contribution in [0.2, 0.25) is 0 Å². The third-order valence-corrected chi connectivity index (χ3v) is 4.71. The van der Waals surface area contributed by atoms with Crippen LogP contribution in [0, 0.1) is 5.92 Å². The maximum absolute atomic E-state index is 11.6. The van der Waals surface area contributed by atoms with Crippen molar-refractivity contribution in [2.45, 2.75) is 58.4 Å². The number of nitrogens with one attached hydrogen (secondary N) is 1. The zero-order valence-corrected chi connectivity index (χ0v) is 13.3. The number of carbonyl (C=O) groups excluding carboxylic acids is 1. The predicted octanol–water partition coefficient (Wildman–Crippen LogP) is 1.57. The monoisotopic (exact) mass is 295 g/mol. The maximum Gasteiger partial charge on any atom is 0.320 e. The van der Waals surface area contributed by atoms with Crippen molar-refractivity contribution in [3.8, 4) is 0 Å². The van der Waals surface area contributed by atoms with Crippen molar-refractivity contribution < 1.29 is 22.5 Å². The van der Waals surface area contributed by atoms with E-state index in [-0.39, 0.29) is 12.5 Å². The molecule has 0 fully saturated rings. The molecular formula is C12H25NO5S. The molecule has 2 unspecified atom stereocenters.